The lowest BCUT2D eigenvalue weighted by molar-refractivity contribution is -0.122. The molecule has 4 nitrogen and oxygen atoms in total. The minimum absolute atomic E-state index is 0.135. The number of halogens is 1. The third-order valence-electron chi connectivity index (χ3n) is 4.65. The monoisotopic (exact) mass is 326 g/mol. The molecule has 0 aliphatic carbocycles. The minimum Gasteiger partial charge on any atom is -0.374 e. The van der Waals surface area contributed by atoms with Crippen molar-refractivity contribution in [3.8, 4) is 0 Å². The summed E-state index contributed by atoms with van der Waals surface area (Å²) >= 11 is 6.12. The molecule has 0 saturated carbocycles. The Hall–Kier alpha value is -2.33. The minimum atomic E-state index is -0.451. The van der Waals surface area contributed by atoms with Gasteiger partial charge >= 0.3 is 0 Å². The number of anilines is 2. The number of fused-ring (bicyclic) bond motifs is 3. The molecule has 0 unspecified atom stereocenters. The summed E-state index contributed by atoms with van der Waals surface area (Å²) < 4.78 is 0. The van der Waals surface area contributed by atoms with E-state index in [2.05, 4.69) is 0 Å². The van der Waals surface area contributed by atoms with Crippen molar-refractivity contribution in [2.75, 3.05) is 23.4 Å². The first-order chi connectivity index (χ1) is 11.1. The van der Waals surface area contributed by atoms with Gasteiger partial charge in [-0.25, -0.2) is 4.90 Å². The molecule has 2 aromatic carbocycles. The number of para-hydroxylation sites is 1. The van der Waals surface area contributed by atoms with E-state index in [0.717, 1.165) is 11.3 Å². The fourth-order valence-electron chi connectivity index (χ4n) is 3.61. The highest BCUT2D eigenvalue weighted by molar-refractivity contribution is 6.31. The van der Waals surface area contributed by atoms with Crippen LogP contribution in [0, 0.1) is 5.92 Å². The Morgan fingerprint density at radius 1 is 1.04 bits per heavy atom. The molecule has 1 saturated heterocycles. The molecule has 2 aromatic rings. The van der Waals surface area contributed by atoms with E-state index in [1.807, 2.05) is 48.3 Å². The largest absolute Gasteiger partial charge is 0.374 e. The molecule has 2 amide bonds. The van der Waals surface area contributed by atoms with E-state index < -0.39 is 5.92 Å². The second-order valence-electron chi connectivity index (χ2n) is 6.02. The van der Waals surface area contributed by atoms with Gasteiger partial charge < -0.3 is 4.90 Å². The van der Waals surface area contributed by atoms with E-state index in [9.17, 15) is 9.59 Å². The van der Waals surface area contributed by atoms with Crippen molar-refractivity contribution in [3.63, 3.8) is 0 Å². The molecule has 4 rings (SSSR count). The molecule has 116 valence electrons. The lowest BCUT2D eigenvalue weighted by atomic mass is 9.83. The van der Waals surface area contributed by atoms with Crippen LogP contribution in [-0.2, 0) is 9.59 Å². The van der Waals surface area contributed by atoms with Crippen LogP contribution in [0.25, 0.3) is 0 Å². The maximum atomic E-state index is 13.0. The number of carbonyl (C=O) groups is 2. The summed E-state index contributed by atoms with van der Waals surface area (Å²) in [6.07, 6.45) is 0. The summed E-state index contributed by atoms with van der Waals surface area (Å²) in [5.74, 6) is -1.11. The van der Waals surface area contributed by atoms with E-state index in [4.69, 9.17) is 11.6 Å². The molecule has 0 spiro atoms. The second-order valence-corrected chi connectivity index (χ2v) is 6.45. The Morgan fingerprint density at radius 3 is 2.52 bits per heavy atom. The van der Waals surface area contributed by atoms with Gasteiger partial charge in [0.05, 0.1) is 17.5 Å². The number of amides is 2. The lowest BCUT2D eigenvalue weighted by Crippen LogP contribution is -2.37. The van der Waals surface area contributed by atoms with E-state index in [0.29, 0.717) is 17.3 Å². The van der Waals surface area contributed by atoms with Gasteiger partial charge in [-0.2, -0.15) is 0 Å². The van der Waals surface area contributed by atoms with Crippen molar-refractivity contribution < 1.29 is 9.59 Å². The summed E-state index contributed by atoms with van der Waals surface area (Å²) in [7, 11) is 1.94. The molecule has 0 radical (unpaired) electrons. The SMILES string of the molecule is CN1C[C@@H]2C(=O)N(c3ccccc3)C(=O)[C@@H]2c2cc(Cl)ccc21. The average Bonchev–Trinajstić information content (AvgIpc) is 2.79. The van der Waals surface area contributed by atoms with Gasteiger partial charge in [0.25, 0.3) is 0 Å². The zero-order valence-corrected chi connectivity index (χ0v) is 13.3. The third-order valence-corrected chi connectivity index (χ3v) is 4.88. The van der Waals surface area contributed by atoms with Crippen LogP contribution in [0.5, 0.6) is 0 Å². The highest BCUT2D eigenvalue weighted by Gasteiger charge is 2.52. The first kappa shape index (κ1) is 14.3. The van der Waals surface area contributed by atoms with Crippen LogP contribution in [0.4, 0.5) is 11.4 Å². The fraction of sp³-hybridized carbons (Fsp3) is 0.222. The summed E-state index contributed by atoms with van der Waals surface area (Å²) in [6.45, 7) is 0.535. The number of nitrogens with zero attached hydrogens (tertiary/aromatic N) is 2. The Balaban J connectivity index is 1.84. The highest BCUT2D eigenvalue weighted by atomic mass is 35.5. The maximum absolute atomic E-state index is 13.0. The van der Waals surface area contributed by atoms with Gasteiger partial charge in [0.15, 0.2) is 0 Å². The van der Waals surface area contributed by atoms with Crippen molar-refractivity contribution >= 4 is 34.8 Å². The molecule has 2 aliphatic heterocycles. The van der Waals surface area contributed by atoms with Crippen molar-refractivity contribution in [3.05, 3.63) is 59.1 Å². The average molecular weight is 327 g/mol. The predicted molar refractivity (Wildman–Crippen MR) is 89.9 cm³/mol. The number of imide groups is 1. The molecule has 0 bridgehead atoms. The summed E-state index contributed by atoms with van der Waals surface area (Å²) in [5, 5.41) is 0.580. The smallest absolute Gasteiger partial charge is 0.242 e. The molecule has 2 heterocycles. The Labute approximate surface area is 139 Å². The molecular formula is C18H15ClN2O2. The maximum Gasteiger partial charge on any atom is 0.242 e. The molecule has 2 atom stereocenters. The quantitative estimate of drug-likeness (QED) is 0.756. The van der Waals surface area contributed by atoms with Gasteiger partial charge in [-0.05, 0) is 35.9 Å². The van der Waals surface area contributed by atoms with Crippen LogP contribution >= 0.6 is 11.6 Å². The summed E-state index contributed by atoms with van der Waals surface area (Å²) in [5.41, 5.74) is 2.43. The standard InChI is InChI=1S/C18H15ClN2O2/c1-20-10-14-16(13-9-11(19)7-8-15(13)20)18(23)21(17(14)22)12-5-3-2-4-6-12/h2-9,14,16H,10H2,1H3/t14-,16+/m0/s1. The van der Waals surface area contributed by atoms with Crippen LogP contribution in [0.15, 0.2) is 48.5 Å². The van der Waals surface area contributed by atoms with Gasteiger partial charge in [0.2, 0.25) is 11.8 Å². The molecule has 0 aromatic heterocycles. The normalized spacial score (nSPS) is 23.0. The van der Waals surface area contributed by atoms with E-state index >= 15 is 0 Å². The van der Waals surface area contributed by atoms with Crippen LogP contribution < -0.4 is 9.80 Å². The lowest BCUT2D eigenvalue weighted by Gasteiger charge is -2.33. The molecule has 2 aliphatic rings. The van der Waals surface area contributed by atoms with Crippen LogP contribution in [0.2, 0.25) is 5.02 Å². The van der Waals surface area contributed by atoms with Gasteiger partial charge in [0, 0.05) is 24.3 Å². The molecular weight excluding hydrogens is 312 g/mol. The second kappa shape index (κ2) is 5.10. The van der Waals surface area contributed by atoms with E-state index in [1.54, 1.807) is 12.1 Å². The van der Waals surface area contributed by atoms with Crippen LogP contribution in [0.1, 0.15) is 11.5 Å². The molecule has 1 fully saturated rings. The summed E-state index contributed by atoms with van der Waals surface area (Å²) in [6, 6.07) is 14.6. The van der Waals surface area contributed by atoms with Crippen LogP contribution in [-0.4, -0.2) is 25.4 Å². The van der Waals surface area contributed by atoms with Crippen molar-refractivity contribution in [2.45, 2.75) is 5.92 Å². The number of benzene rings is 2. The Morgan fingerprint density at radius 2 is 1.78 bits per heavy atom. The highest BCUT2D eigenvalue weighted by Crippen LogP contribution is 2.45. The van der Waals surface area contributed by atoms with Crippen molar-refractivity contribution in [1.82, 2.24) is 0 Å². The van der Waals surface area contributed by atoms with Crippen LogP contribution in [0.3, 0.4) is 0 Å². The Kier molecular flexibility index (Phi) is 3.16. The number of hydrogen-bond acceptors (Lipinski definition) is 3. The summed E-state index contributed by atoms with van der Waals surface area (Å²) in [4.78, 5) is 29.2. The number of rotatable bonds is 1. The van der Waals surface area contributed by atoms with E-state index in [1.165, 1.54) is 4.90 Å². The predicted octanol–water partition coefficient (Wildman–Crippen LogP) is 3.06. The molecule has 5 heteroatoms. The van der Waals surface area contributed by atoms with Crippen molar-refractivity contribution in [2.24, 2.45) is 5.92 Å². The van der Waals surface area contributed by atoms with Gasteiger partial charge in [-0.3, -0.25) is 9.59 Å². The van der Waals surface area contributed by atoms with Crippen molar-refractivity contribution in [1.29, 1.82) is 0 Å². The first-order valence-corrected chi connectivity index (χ1v) is 7.89. The van der Waals surface area contributed by atoms with E-state index in [-0.39, 0.29) is 17.7 Å². The molecule has 23 heavy (non-hydrogen) atoms. The Bertz CT molecular complexity index is 806. The number of hydrogen-bond donors (Lipinski definition) is 0. The molecule has 0 N–H and O–H groups in total. The van der Waals surface area contributed by atoms with Gasteiger partial charge in [0.1, 0.15) is 0 Å². The number of carbonyl (C=O) groups excluding carboxylic acids is 2. The zero-order chi connectivity index (χ0) is 16.1. The zero-order valence-electron chi connectivity index (χ0n) is 12.6. The fourth-order valence-corrected chi connectivity index (χ4v) is 3.79. The first-order valence-electron chi connectivity index (χ1n) is 7.51. The third kappa shape index (κ3) is 2.05. The van der Waals surface area contributed by atoms with Gasteiger partial charge in [-0.1, -0.05) is 29.8 Å². The van der Waals surface area contributed by atoms with Gasteiger partial charge in [-0.15, -0.1) is 0 Å². The topological polar surface area (TPSA) is 40.6 Å².